The van der Waals surface area contributed by atoms with Crippen molar-refractivity contribution in [2.45, 2.75) is 0 Å². The van der Waals surface area contributed by atoms with Gasteiger partial charge in [-0.2, -0.15) is 0 Å². The molecule has 0 aliphatic rings. The number of nitrogens with zero attached hydrogens (tertiary/aromatic N) is 1. The van der Waals surface area contributed by atoms with E-state index in [1.54, 1.807) is 0 Å². The van der Waals surface area contributed by atoms with Gasteiger partial charge in [0.25, 0.3) is 5.69 Å². The van der Waals surface area contributed by atoms with Crippen LogP contribution in [-0.4, -0.2) is 16.7 Å². The minimum atomic E-state index is -0.719. The lowest BCUT2D eigenvalue weighted by Gasteiger charge is -2.03. The zero-order chi connectivity index (χ0) is 11.4. The fourth-order valence-electron chi connectivity index (χ4n) is 0.951. The molecule has 1 aromatic carbocycles. The Morgan fingerprint density at radius 1 is 1.60 bits per heavy atom. The summed E-state index contributed by atoms with van der Waals surface area (Å²) in [4.78, 5) is 20.7. The van der Waals surface area contributed by atoms with Crippen molar-refractivity contribution in [2.24, 2.45) is 0 Å². The first kappa shape index (κ1) is 11.4. The van der Waals surface area contributed by atoms with Gasteiger partial charge in [-0.3, -0.25) is 14.9 Å². The van der Waals surface area contributed by atoms with Crippen LogP contribution in [0.2, 0.25) is 0 Å². The van der Waals surface area contributed by atoms with Crippen LogP contribution in [0.3, 0.4) is 0 Å². The molecule has 0 aliphatic carbocycles. The van der Waals surface area contributed by atoms with Crippen molar-refractivity contribution in [1.82, 2.24) is 0 Å². The van der Waals surface area contributed by atoms with E-state index in [4.69, 9.17) is 11.6 Å². The molecule has 1 N–H and O–H groups in total. The molecule has 0 spiro atoms. The molecule has 0 saturated heterocycles. The molecular formula is C8H6ClFN2O3. The van der Waals surface area contributed by atoms with E-state index in [1.807, 2.05) is 0 Å². The Hall–Kier alpha value is -1.69. The van der Waals surface area contributed by atoms with Gasteiger partial charge in [0.2, 0.25) is 5.91 Å². The smallest absolute Gasteiger partial charge is 0.292 e. The van der Waals surface area contributed by atoms with E-state index in [0.29, 0.717) is 0 Å². The first-order chi connectivity index (χ1) is 7.04. The maximum atomic E-state index is 12.8. The van der Waals surface area contributed by atoms with E-state index < -0.39 is 16.6 Å². The molecule has 7 heteroatoms. The van der Waals surface area contributed by atoms with Gasteiger partial charge in [-0.05, 0) is 6.07 Å². The van der Waals surface area contributed by atoms with Crippen LogP contribution < -0.4 is 5.32 Å². The van der Waals surface area contributed by atoms with Gasteiger partial charge in [0.15, 0.2) is 0 Å². The van der Waals surface area contributed by atoms with Crippen molar-refractivity contribution in [3.8, 4) is 0 Å². The van der Waals surface area contributed by atoms with Crippen LogP contribution in [0, 0.1) is 15.9 Å². The second kappa shape index (κ2) is 4.70. The molecule has 0 radical (unpaired) electrons. The van der Waals surface area contributed by atoms with E-state index >= 15 is 0 Å². The van der Waals surface area contributed by atoms with E-state index in [9.17, 15) is 19.3 Å². The molecule has 0 aromatic heterocycles. The van der Waals surface area contributed by atoms with Gasteiger partial charge in [-0.25, -0.2) is 4.39 Å². The van der Waals surface area contributed by atoms with Crippen LogP contribution in [0.15, 0.2) is 18.2 Å². The van der Waals surface area contributed by atoms with Gasteiger partial charge in [-0.15, -0.1) is 11.6 Å². The van der Waals surface area contributed by atoms with Crippen molar-refractivity contribution in [3.05, 3.63) is 34.1 Å². The van der Waals surface area contributed by atoms with E-state index in [2.05, 4.69) is 5.32 Å². The van der Waals surface area contributed by atoms with Gasteiger partial charge < -0.3 is 5.32 Å². The highest BCUT2D eigenvalue weighted by atomic mass is 35.5. The van der Waals surface area contributed by atoms with Crippen LogP contribution in [0.4, 0.5) is 15.8 Å². The normalized spacial score (nSPS) is 9.73. The molecule has 0 atom stereocenters. The first-order valence-electron chi connectivity index (χ1n) is 3.84. The Labute approximate surface area is 89.0 Å². The summed E-state index contributed by atoms with van der Waals surface area (Å²) in [6.45, 7) is 0. The summed E-state index contributed by atoms with van der Waals surface area (Å²) in [5, 5.41) is 12.6. The largest absolute Gasteiger partial charge is 0.319 e. The van der Waals surface area contributed by atoms with E-state index in [-0.39, 0.29) is 17.3 Å². The number of nitro groups is 1. The summed E-state index contributed by atoms with van der Waals surface area (Å²) < 4.78 is 12.8. The quantitative estimate of drug-likeness (QED) is 0.492. The van der Waals surface area contributed by atoms with Crippen LogP contribution in [0.1, 0.15) is 0 Å². The summed E-state index contributed by atoms with van der Waals surface area (Å²) in [6.07, 6.45) is 0. The van der Waals surface area contributed by atoms with Crippen LogP contribution in [0.5, 0.6) is 0 Å². The number of benzene rings is 1. The summed E-state index contributed by atoms with van der Waals surface area (Å²) in [5.74, 6) is -1.66. The van der Waals surface area contributed by atoms with Gasteiger partial charge in [0, 0.05) is 12.1 Å². The Bertz CT molecular complexity index is 411. The number of nitrogens with one attached hydrogen (secondary N) is 1. The highest BCUT2D eigenvalue weighted by molar-refractivity contribution is 6.29. The third-order valence-electron chi connectivity index (χ3n) is 1.55. The van der Waals surface area contributed by atoms with Crippen LogP contribution >= 0.6 is 11.6 Å². The van der Waals surface area contributed by atoms with Crippen molar-refractivity contribution >= 4 is 28.9 Å². The molecule has 1 amide bonds. The number of hydrogen-bond donors (Lipinski definition) is 1. The number of anilines is 1. The SMILES string of the molecule is O=C(CCl)Nc1cc(F)ccc1[N+](=O)[O-]. The second-order valence-electron chi connectivity index (χ2n) is 2.60. The molecule has 1 rings (SSSR count). The third kappa shape index (κ3) is 2.88. The Balaban J connectivity index is 3.07. The summed E-state index contributed by atoms with van der Waals surface area (Å²) in [7, 11) is 0. The predicted molar refractivity (Wildman–Crippen MR) is 52.4 cm³/mol. The topological polar surface area (TPSA) is 72.2 Å². The molecule has 5 nitrogen and oxygen atoms in total. The average molecular weight is 233 g/mol. The third-order valence-corrected chi connectivity index (χ3v) is 1.79. The summed E-state index contributed by atoms with van der Waals surface area (Å²) in [5.41, 5.74) is -0.583. The van der Waals surface area contributed by atoms with Crippen LogP contribution in [0.25, 0.3) is 0 Å². The molecule has 0 saturated carbocycles. The first-order valence-corrected chi connectivity index (χ1v) is 4.38. The summed E-state index contributed by atoms with van der Waals surface area (Å²) >= 11 is 5.20. The number of nitro benzene ring substituents is 1. The zero-order valence-electron chi connectivity index (χ0n) is 7.37. The zero-order valence-corrected chi connectivity index (χ0v) is 8.12. The number of halogens is 2. The predicted octanol–water partition coefficient (Wildman–Crippen LogP) is 1.91. The number of amides is 1. The molecule has 1 aromatic rings. The highest BCUT2D eigenvalue weighted by Gasteiger charge is 2.15. The fraction of sp³-hybridized carbons (Fsp3) is 0.125. The standard InChI is InChI=1S/C8H6ClFN2O3/c9-4-8(13)11-6-3-5(10)1-2-7(6)12(14)15/h1-3H,4H2,(H,11,13). The number of hydrogen-bond acceptors (Lipinski definition) is 3. The lowest BCUT2D eigenvalue weighted by Crippen LogP contribution is -2.13. The number of carbonyl (C=O) groups is 1. The van der Waals surface area contributed by atoms with Crippen molar-refractivity contribution in [2.75, 3.05) is 11.2 Å². The maximum absolute atomic E-state index is 12.8. The lowest BCUT2D eigenvalue weighted by molar-refractivity contribution is -0.384. The number of rotatable bonds is 3. The van der Waals surface area contributed by atoms with Crippen molar-refractivity contribution in [3.63, 3.8) is 0 Å². The van der Waals surface area contributed by atoms with Crippen molar-refractivity contribution < 1.29 is 14.1 Å². The van der Waals surface area contributed by atoms with E-state index in [0.717, 1.165) is 18.2 Å². The molecule has 0 fully saturated rings. The fourth-order valence-corrected chi connectivity index (χ4v) is 1.02. The molecular weight excluding hydrogens is 227 g/mol. The molecule has 0 bridgehead atoms. The van der Waals surface area contributed by atoms with Gasteiger partial charge in [0.1, 0.15) is 17.4 Å². The monoisotopic (exact) mass is 232 g/mol. The minimum Gasteiger partial charge on any atom is -0.319 e. The van der Waals surface area contributed by atoms with E-state index in [1.165, 1.54) is 0 Å². The highest BCUT2D eigenvalue weighted by Crippen LogP contribution is 2.24. The van der Waals surface area contributed by atoms with Gasteiger partial charge >= 0.3 is 0 Å². The Kier molecular flexibility index (Phi) is 3.56. The number of carbonyl (C=O) groups excluding carboxylic acids is 1. The van der Waals surface area contributed by atoms with Crippen LogP contribution in [-0.2, 0) is 4.79 Å². The molecule has 0 unspecified atom stereocenters. The Morgan fingerprint density at radius 2 is 2.27 bits per heavy atom. The number of alkyl halides is 1. The Morgan fingerprint density at radius 3 is 2.80 bits per heavy atom. The molecule has 0 heterocycles. The molecule has 0 aliphatic heterocycles. The second-order valence-corrected chi connectivity index (χ2v) is 2.87. The van der Waals surface area contributed by atoms with Gasteiger partial charge in [0.05, 0.1) is 4.92 Å². The average Bonchev–Trinajstić information content (AvgIpc) is 2.17. The lowest BCUT2D eigenvalue weighted by atomic mass is 10.2. The molecule has 15 heavy (non-hydrogen) atoms. The minimum absolute atomic E-state index is 0.203. The molecule has 80 valence electrons. The summed E-state index contributed by atoms with van der Waals surface area (Å²) in [6, 6.07) is 2.77. The van der Waals surface area contributed by atoms with Crippen molar-refractivity contribution in [1.29, 1.82) is 0 Å². The van der Waals surface area contributed by atoms with Gasteiger partial charge in [-0.1, -0.05) is 0 Å². The maximum Gasteiger partial charge on any atom is 0.292 e.